The molecule has 1 unspecified atom stereocenters. The molecule has 1 fully saturated rings. The van der Waals surface area contributed by atoms with Gasteiger partial charge >= 0.3 is 0 Å². The minimum Gasteiger partial charge on any atom is -0.395 e. The lowest BCUT2D eigenvalue weighted by Crippen LogP contribution is -2.50. The molecule has 3 heteroatoms. The zero-order chi connectivity index (χ0) is 13.7. The lowest BCUT2D eigenvalue weighted by atomic mass is 10.0. The van der Waals surface area contributed by atoms with E-state index in [9.17, 15) is 0 Å². The number of aromatic nitrogens is 1. The first-order chi connectivity index (χ1) is 9.38. The number of likely N-dealkylation sites (tertiary alicyclic amines) is 1. The van der Waals surface area contributed by atoms with Crippen molar-refractivity contribution in [3.05, 3.63) is 36.0 Å². The quantitative estimate of drug-likeness (QED) is 0.887. The van der Waals surface area contributed by atoms with Crippen LogP contribution in [0.4, 0.5) is 0 Å². The third-order valence-corrected chi connectivity index (χ3v) is 3.82. The third-order valence-electron chi connectivity index (χ3n) is 3.82. The summed E-state index contributed by atoms with van der Waals surface area (Å²) < 4.78 is 0. The molecule has 1 aliphatic rings. The molecule has 2 aromatic rings. The van der Waals surface area contributed by atoms with Gasteiger partial charge in [0.05, 0.1) is 6.61 Å². The second-order valence-corrected chi connectivity index (χ2v) is 4.77. The Kier molecular flexibility index (Phi) is 5.00. The Balaban J connectivity index is 0.000000637. The largest absolute Gasteiger partial charge is 0.395 e. The van der Waals surface area contributed by atoms with Crippen LogP contribution in [0.1, 0.15) is 25.8 Å². The van der Waals surface area contributed by atoms with Crippen molar-refractivity contribution < 1.29 is 5.11 Å². The molecule has 2 N–H and O–H groups in total. The third kappa shape index (κ3) is 2.99. The number of hydrogen-bond donors (Lipinski definition) is 2. The molecule has 0 saturated carbocycles. The van der Waals surface area contributed by atoms with Crippen molar-refractivity contribution >= 4 is 10.9 Å². The van der Waals surface area contributed by atoms with E-state index in [2.05, 4.69) is 40.3 Å². The van der Waals surface area contributed by atoms with E-state index in [1.165, 1.54) is 16.5 Å². The van der Waals surface area contributed by atoms with E-state index in [1.54, 1.807) is 0 Å². The summed E-state index contributed by atoms with van der Waals surface area (Å²) in [6, 6.07) is 8.82. The van der Waals surface area contributed by atoms with Gasteiger partial charge in [-0.1, -0.05) is 32.0 Å². The first-order valence-electron chi connectivity index (χ1n) is 7.28. The summed E-state index contributed by atoms with van der Waals surface area (Å²) in [7, 11) is 0. The van der Waals surface area contributed by atoms with Gasteiger partial charge in [0.2, 0.25) is 0 Å². The van der Waals surface area contributed by atoms with Gasteiger partial charge in [0.15, 0.2) is 0 Å². The standard InChI is InChI=1S/C14H18N2O.C2H6/c17-10-12-6-8-16(12)7-5-11-9-15-14-4-2-1-3-13(11)14;1-2/h1-4,9,12,15,17H,5-8,10H2;1-2H3. The molecule has 0 amide bonds. The highest BCUT2D eigenvalue weighted by molar-refractivity contribution is 5.83. The van der Waals surface area contributed by atoms with E-state index >= 15 is 0 Å². The number of hydrogen-bond acceptors (Lipinski definition) is 2. The first kappa shape index (κ1) is 14.1. The van der Waals surface area contributed by atoms with Crippen LogP contribution in [0.25, 0.3) is 10.9 Å². The molecule has 1 aliphatic heterocycles. The number of aliphatic hydroxyl groups is 1. The summed E-state index contributed by atoms with van der Waals surface area (Å²) in [5.74, 6) is 0. The molecule has 0 spiro atoms. The van der Waals surface area contributed by atoms with Crippen molar-refractivity contribution in [2.75, 3.05) is 19.7 Å². The highest BCUT2D eigenvalue weighted by Gasteiger charge is 2.26. The van der Waals surface area contributed by atoms with Crippen molar-refractivity contribution in [2.45, 2.75) is 32.7 Å². The highest BCUT2D eigenvalue weighted by atomic mass is 16.3. The Morgan fingerprint density at radius 1 is 1.32 bits per heavy atom. The van der Waals surface area contributed by atoms with Crippen LogP contribution in [0.15, 0.2) is 30.5 Å². The van der Waals surface area contributed by atoms with Crippen molar-refractivity contribution in [2.24, 2.45) is 0 Å². The number of benzene rings is 1. The zero-order valence-corrected chi connectivity index (χ0v) is 11.9. The van der Waals surface area contributed by atoms with Gasteiger partial charge in [0.1, 0.15) is 0 Å². The molecule has 1 saturated heterocycles. The highest BCUT2D eigenvalue weighted by Crippen LogP contribution is 2.21. The van der Waals surface area contributed by atoms with Gasteiger partial charge < -0.3 is 10.1 Å². The van der Waals surface area contributed by atoms with Gasteiger partial charge in [-0.25, -0.2) is 0 Å². The van der Waals surface area contributed by atoms with Gasteiger partial charge in [-0.15, -0.1) is 0 Å². The van der Waals surface area contributed by atoms with Crippen LogP contribution in [0.3, 0.4) is 0 Å². The van der Waals surface area contributed by atoms with Crippen LogP contribution in [0.5, 0.6) is 0 Å². The molecule has 19 heavy (non-hydrogen) atoms. The molecule has 0 radical (unpaired) electrons. The minimum atomic E-state index is 0.299. The lowest BCUT2D eigenvalue weighted by Gasteiger charge is -2.39. The fourth-order valence-electron chi connectivity index (χ4n) is 2.60. The van der Waals surface area contributed by atoms with Gasteiger partial charge in [0.25, 0.3) is 0 Å². The van der Waals surface area contributed by atoms with Gasteiger partial charge in [0, 0.05) is 36.2 Å². The van der Waals surface area contributed by atoms with E-state index < -0.39 is 0 Å². The average Bonchev–Trinajstić information content (AvgIpc) is 2.84. The second kappa shape index (κ2) is 6.73. The molecule has 3 nitrogen and oxygen atoms in total. The number of aromatic amines is 1. The van der Waals surface area contributed by atoms with E-state index in [0.29, 0.717) is 12.6 Å². The van der Waals surface area contributed by atoms with Gasteiger partial charge in [-0.2, -0.15) is 0 Å². The summed E-state index contributed by atoms with van der Waals surface area (Å²) in [6.45, 7) is 6.48. The summed E-state index contributed by atoms with van der Waals surface area (Å²) in [5, 5.41) is 10.5. The summed E-state index contributed by atoms with van der Waals surface area (Å²) in [4.78, 5) is 5.67. The number of nitrogens with one attached hydrogen (secondary N) is 1. The zero-order valence-electron chi connectivity index (χ0n) is 11.9. The Bertz CT molecular complexity index is 504. The summed E-state index contributed by atoms with van der Waals surface area (Å²) >= 11 is 0. The molecule has 1 aromatic heterocycles. The number of para-hydroxylation sites is 1. The maximum Gasteiger partial charge on any atom is 0.0587 e. The predicted octanol–water partition coefficient (Wildman–Crippen LogP) is 2.80. The number of rotatable bonds is 4. The fourth-order valence-corrected chi connectivity index (χ4v) is 2.60. The molecule has 1 atom stereocenters. The van der Waals surface area contributed by atoms with E-state index in [-0.39, 0.29) is 0 Å². The number of nitrogens with zero attached hydrogens (tertiary/aromatic N) is 1. The summed E-state index contributed by atoms with van der Waals surface area (Å²) in [6.07, 6.45) is 4.31. The first-order valence-corrected chi connectivity index (χ1v) is 7.28. The number of aliphatic hydroxyl groups excluding tert-OH is 1. The number of fused-ring (bicyclic) bond motifs is 1. The molecule has 1 aromatic carbocycles. The molecule has 104 valence electrons. The Hall–Kier alpha value is -1.32. The number of H-pyrrole nitrogens is 1. The molecule has 3 rings (SSSR count). The van der Waals surface area contributed by atoms with Gasteiger partial charge in [-0.05, 0) is 24.5 Å². The topological polar surface area (TPSA) is 39.3 Å². The lowest BCUT2D eigenvalue weighted by molar-refractivity contribution is 0.0437. The van der Waals surface area contributed by atoms with Crippen LogP contribution in [0, 0.1) is 0 Å². The van der Waals surface area contributed by atoms with Crippen molar-refractivity contribution in [1.82, 2.24) is 9.88 Å². The molecular weight excluding hydrogens is 236 g/mol. The monoisotopic (exact) mass is 260 g/mol. The Morgan fingerprint density at radius 2 is 2.11 bits per heavy atom. The van der Waals surface area contributed by atoms with Crippen LogP contribution in [0.2, 0.25) is 0 Å². The van der Waals surface area contributed by atoms with Gasteiger partial charge in [-0.3, -0.25) is 4.90 Å². The van der Waals surface area contributed by atoms with Crippen LogP contribution in [-0.2, 0) is 6.42 Å². The van der Waals surface area contributed by atoms with Crippen molar-refractivity contribution in [1.29, 1.82) is 0 Å². The van der Waals surface area contributed by atoms with E-state index in [1.807, 2.05) is 13.8 Å². The SMILES string of the molecule is CC.OCC1CCN1CCc1c[nH]c2ccccc12. The minimum absolute atomic E-state index is 0.299. The fraction of sp³-hybridized carbons (Fsp3) is 0.500. The molecule has 0 bridgehead atoms. The average molecular weight is 260 g/mol. The van der Waals surface area contributed by atoms with E-state index in [4.69, 9.17) is 5.11 Å². The van der Waals surface area contributed by atoms with Crippen LogP contribution >= 0.6 is 0 Å². The summed E-state index contributed by atoms with van der Waals surface area (Å²) in [5.41, 5.74) is 2.59. The molecular formula is C16H24N2O. The predicted molar refractivity (Wildman–Crippen MR) is 80.4 cm³/mol. The van der Waals surface area contributed by atoms with Crippen molar-refractivity contribution in [3.8, 4) is 0 Å². The van der Waals surface area contributed by atoms with Crippen LogP contribution < -0.4 is 0 Å². The maximum atomic E-state index is 9.14. The Morgan fingerprint density at radius 3 is 2.79 bits per heavy atom. The van der Waals surface area contributed by atoms with Crippen molar-refractivity contribution in [3.63, 3.8) is 0 Å². The Labute approximate surface area is 115 Å². The molecule has 0 aliphatic carbocycles. The van der Waals surface area contributed by atoms with Crippen LogP contribution in [-0.4, -0.2) is 40.7 Å². The normalized spacial score (nSPS) is 18.8. The van der Waals surface area contributed by atoms with E-state index in [0.717, 1.165) is 25.9 Å². The molecule has 2 heterocycles. The second-order valence-electron chi connectivity index (χ2n) is 4.77. The maximum absolute atomic E-state index is 9.14. The smallest absolute Gasteiger partial charge is 0.0587 e.